The number of nitrogens with zero attached hydrogens (tertiary/aromatic N) is 3. The summed E-state index contributed by atoms with van der Waals surface area (Å²) in [6.45, 7) is 4.65. The molecule has 1 aromatic carbocycles. The van der Waals surface area contributed by atoms with Crippen LogP contribution < -0.4 is 14.2 Å². The van der Waals surface area contributed by atoms with E-state index >= 15 is 0 Å². The minimum absolute atomic E-state index is 0.0736. The molecule has 2 aromatic rings. The molecule has 0 bridgehead atoms. The molecule has 0 saturated carbocycles. The van der Waals surface area contributed by atoms with Gasteiger partial charge in [0.25, 0.3) is 0 Å². The van der Waals surface area contributed by atoms with Crippen LogP contribution in [0, 0.1) is 0 Å². The van der Waals surface area contributed by atoms with Crippen molar-refractivity contribution in [2.45, 2.75) is 25.8 Å². The molecule has 7 heteroatoms. The highest BCUT2D eigenvalue weighted by molar-refractivity contribution is 5.79. The molecule has 2 aliphatic rings. The molecular weight excluding hydrogens is 334 g/mol. The van der Waals surface area contributed by atoms with E-state index < -0.39 is 0 Å². The number of amides is 1. The van der Waals surface area contributed by atoms with Crippen LogP contribution in [0.4, 0.5) is 0 Å². The van der Waals surface area contributed by atoms with Crippen molar-refractivity contribution in [1.29, 1.82) is 0 Å². The Hall–Kier alpha value is -2.70. The van der Waals surface area contributed by atoms with Gasteiger partial charge in [0.2, 0.25) is 5.91 Å². The number of aromatic nitrogens is 2. The van der Waals surface area contributed by atoms with Crippen molar-refractivity contribution in [2.75, 3.05) is 33.4 Å². The zero-order valence-electron chi connectivity index (χ0n) is 15.1. The first-order valence-corrected chi connectivity index (χ1v) is 9.00. The van der Waals surface area contributed by atoms with Crippen molar-refractivity contribution in [3.05, 3.63) is 24.5 Å². The van der Waals surface area contributed by atoms with E-state index in [0.29, 0.717) is 43.4 Å². The largest absolute Gasteiger partial charge is 0.496 e. The SMILES string of the molecule is CCCN1CC(n2ccnc2-c2cc3c(cc2OC)OCCO3)CC1=O. The molecule has 0 N–H and O–H groups in total. The van der Waals surface area contributed by atoms with Crippen LogP contribution in [0.1, 0.15) is 25.8 Å². The van der Waals surface area contributed by atoms with Gasteiger partial charge in [-0.25, -0.2) is 4.98 Å². The van der Waals surface area contributed by atoms with Crippen molar-refractivity contribution in [1.82, 2.24) is 14.5 Å². The lowest BCUT2D eigenvalue weighted by molar-refractivity contribution is -0.127. The summed E-state index contributed by atoms with van der Waals surface area (Å²) in [6.07, 6.45) is 5.15. The smallest absolute Gasteiger partial charge is 0.224 e. The van der Waals surface area contributed by atoms with Crippen LogP contribution in [-0.2, 0) is 4.79 Å². The number of carbonyl (C=O) groups is 1. The fraction of sp³-hybridized carbons (Fsp3) is 0.474. The van der Waals surface area contributed by atoms with Crippen LogP contribution in [0.25, 0.3) is 11.4 Å². The van der Waals surface area contributed by atoms with Gasteiger partial charge in [-0.1, -0.05) is 6.92 Å². The highest BCUT2D eigenvalue weighted by atomic mass is 16.6. The van der Waals surface area contributed by atoms with Gasteiger partial charge >= 0.3 is 0 Å². The first-order valence-electron chi connectivity index (χ1n) is 9.00. The number of imidazole rings is 1. The zero-order chi connectivity index (χ0) is 18.1. The summed E-state index contributed by atoms with van der Waals surface area (Å²) in [4.78, 5) is 18.7. The molecule has 26 heavy (non-hydrogen) atoms. The summed E-state index contributed by atoms with van der Waals surface area (Å²) in [5.41, 5.74) is 0.836. The van der Waals surface area contributed by atoms with Crippen LogP contribution >= 0.6 is 0 Å². The van der Waals surface area contributed by atoms with Crippen molar-refractivity contribution < 1.29 is 19.0 Å². The first kappa shape index (κ1) is 16.8. The first-order chi connectivity index (χ1) is 12.7. The molecule has 3 heterocycles. The second-order valence-corrected chi connectivity index (χ2v) is 6.55. The molecule has 0 aliphatic carbocycles. The average Bonchev–Trinajstić information content (AvgIpc) is 3.28. The van der Waals surface area contributed by atoms with Gasteiger partial charge < -0.3 is 23.7 Å². The van der Waals surface area contributed by atoms with E-state index in [0.717, 1.165) is 24.4 Å². The minimum Gasteiger partial charge on any atom is -0.496 e. The van der Waals surface area contributed by atoms with Crippen molar-refractivity contribution in [3.8, 4) is 28.6 Å². The van der Waals surface area contributed by atoms with E-state index in [1.165, 1.54) is 0 Å². The Bertz CT molecular complexity index is 817. The van der Waals surface area contributed by atoms with Gasteiger partial charge in [0.15, 0.2) is 11.5 Å². The maximum atomic E-state index is 12.3. The quantitative estimate of drug-likeness (QED) is 0.823. The van der Waals surface area contributed by atoms with Crippen molar-refractivity contribution in [2.24, 2.45) is 0 Å². The Morgan fingerprint density at radius 2 is 2.04 bits per heavy atom. The molecule has 1 unspecified atom stereocenters. The van der Waals surface area contributed by atoms with Gasteiger partial charge in [-0.05, 0) is 12.5 Å². The lowest BCUT2D eigenvalue weighted by atomic mass is 10.1. The summed E-state index contributed by atoms with van der Waals surface area (Å²) in [5, 5.41) is 0. The molecule has 1 amide bonds. The third-order valence-corrected chi connectivity index (χ3v) is 4.85. The number of likely N-dealkylation sites (tertiary alicyclic amines) is 1. The van der Waals surface area contributed by atoms with Crippen LogP contribution in [0.3, 0.4) is 0 Å². The van der Waals surface area contributed by atoms with Crippen LogP contribution in [0.5, 0.6) is 17.2 Å². The van der Waals surface area contributed by atoms with Crippen LogP contribution in [0.2, 0.25) is 0 Å². The molecule has 138 valence electrons. The standard InChI is InChI=1S/C19H23N3O4/c1-3-5-21-12-13(9-18(21)23)22-6-4-20-19(22)14-10-16-17(11-15(14)24-2)26-8-7-25-16/h4,6,10-11,13H,3,5,7-9,12H2,1-2H3. The topological polar surface area (TPSA) is 65.8 Å². The van der Waals surface area contributed by atoms with E-state index in [1.807, 2.05) is 23.2 Å². The summed E-state index contributed by atoms with van der Waals surface area (Å²) in [7, 11) is 1.63. The van der Waals surface area contributed by atoms with Crippen LogP contribution in [0.15, 0.2) is 24.5 Å². The van der Waals surface area contributed by atoms with E-state index in [9.17, 15) is 4.79 Å². The van der Waals surface area contributed by atoms with E-state index in [1.54, 1.807) is 13.3 Å². The molecule has 0 spiro atoms. The Morgan fingerprint density at radius 1 is 1.27 bits per heavy atom. The lowest BCUT2D eigenvalue weighted by Gasteiger charge is -2.22. The Kier molecular flexibility index (Phi) is 4.44. The molecule has 2 aliphatic heterocycles. The van der Waals surface area contributed by atoms with Gasteiger partial charge in [0, 0.05) is 38.0 Å². The maximum absolute atomic E-state index is 12.3. The highest BCUT2D eigenvalue weighted by Crippen LogP contribution is 2.42. The van der Waals surface area contributed by atoms with Gasteiger partial charge in [-0.15, -0.1) is 0 Å². The summed E-state index contributed by atoms with van der Waals surface area (Å²) < 4.78 is 19.0. The van der Waals surface area contributed by atoms with E-state index in [2.05, 4.69) is 16.5 Å². The second-order valence-electron chi connectivity index (χ2n) is 6.55. The molecule has 1 atom stereocenters. The van der Waals surface area contributed by atoms with E-state index in [-0.39, 0.29) is 11.9 Å². The number of rotatable bonds is 5. The fourth-order valence-electron chi connectivity index (χ4n) is 3.65. The van der Waals surface area contributed by atoms with Gasteiger partial charge in [0.05, 0.1) is 18.7 Å². The Balaban J connectivity index is 1.70. The molecule has 1 fully saturated rings. The predicted molar refractivity (Wildman–Crippen MR) is 95.7 cm³/mol. The monoisotopic (exact) mass is 357 g/mol. The molecule has 0 radical (unpaired) electrons. The van der Waals surface area contributed by atoms with Crippen molar-refractivity contribution in [3.63, 3.8) is 0 Å². The Labute approximate surface area is 152 Å². The molecule has 7 nitrogen and oxygen atoms in total. The number of fused-ring (bicyclic) bond motifs is 1. The summed E-state index contributed by atoms with van der Waals surface area (Å²) in [6, 6.07) is 3.82. The molecule has 1 saturated heterocycles. The summed E-state index contributed by atoms with van der Waals surface area (Å²) in [5.74, 6) is 3.02. The number of methoxy groups -OCH3 is 1. The van der Waals surface area contributed by atoms with E-state index in [4.69, 9.17) is 14.2 Å². The number of carbonyl (C=O) groups excluding carboxylic acids is 1. The molecule has 4 rings (SSSR count). The third kappa shape index (κ3) is 2.87. The van der Waals surface area contributed by atoms with Gasteiger partial charge in [-0.2, -0.15) is 0 Å². The highest BCUT2D eigenvalue weighted by Gasteiger charge is 2.32. The second kappa shape index (κ2) is 6.90. The molecular formula is C19H23N3O4. The Morgan fingerprint density at radius 3 is 2.77 bits per heavy atom. The minimum atomic E-state index is 0.0736. The van der Waals surface area contributed by atoms with Gasteiger partial charge in [-0.3, -0.25) is 4.79 Å². The zero-order valence-corrected chi connectivity index (χ0v) is 15.1. The summed E-state index contributed by atoms with van der Waals surface area (Å²) >= 11 is 0. The van der Waals surface area contributed by atoms with Crippen LogP contribution in [-0.4, -0.2) is 53.8 Å². The number of ether oxygens (including phenoxy) is 3. The fourth-order valence-corrected chi connectivity index (χ4v) is 3.65. The normalized spacial score (nSPS) is 19.1. The number of hydrogen-bond donors (Lipinski definition) is 0. The maximum Gasteiger partial charge on any atom is 0.224 e. The van der Waals surface area contributed by atoms with Gasteiger partial charge in [0.1, 0.15) is 24.8 Å². The molecule has 1 aromatic heterocycles. The predicted octanol–water partition coefficient (Wildman–Crippen LogP) is 2.51. The number of hydrogen-bond acceptors (Lipinski definition) is 5. The average molecular weight is 357 g/mol. The lowest BCUT2D eigenvalue weighted by Crippen LogP contribution is -2.26. The third-order valence-electron chi connectivity index (χ3n) is 4.85. The number of benzene rings is 1. The van der Waals surface area contributed by atoms with Crippen molar-refractivity contribution >= 4 is 5.91 Å².